The molecule has 1 N–H and O–H groups in total. The van der Waals surface area contributed by atoms with Crippen molar-refractivity contribution in [1.29, 1.82) is 5.26 Å². The van der Waals surface area contributed by atoms with Crippen molar-refractivity contribution in [2.75, 3.05) is 31.6 Å². The fourth-order valence-corrected chi connectivity index (χ4v) is 4.86. The second-order valence-electron chi connectivity index (χ2n) is 10.6. The zero-order chi connectivity index (χ0) is 28.4. The molecule has 1 saturated heterocycles. The van der Waals surface area contributed by atoms with Crippen molar-refractivity contribution >= 4 is 29.2 Å². The van der Waals surface area contributed by atoms with Gasteiger partial charge in [-0.2, -0.15) is 10.4 Å². The molecular formula is C29H30ClN7O3. The minimum atomic E-state index is -0.586. The van der Waals surface area contributed by atoms with Crippen LogP contribution in [0.25, 0.3) is 28.0 Å². The molecule has 1 atom stereocenters. The molecule has 4 aromatic rings. The Balaban J connectivity index is 1.50. The van der Waals surface area contributed by atoms with Crippen LogP contribution in [0.3, 0.4) is 0 Å². The van der Waals surface area contributed by atoms with Crippen LogP contribution in [0.1, 0.15) is 32.0 Å². The molecule has 0 unspecified atom stereocenters. The van der Waals surface area contributed by atoms with Crippen molar-refractivity contribution in [3.05, 3.63) is 65.1 Å². The lowest BCUT2D eigenvalue weighted by atomic mass is 10.00. The number of hydrogen-bond acceptors (Lipinski definition) is 8. The number of anilines is 1. The smallest absolute Gasteiger partial charge is 0.410 e. The van der Waals surface area contributed by atoms with Crippen LogP contribution in [0.4, 0.5) is 10.6 Å². The summed E-state index contributed by atoms with van der Waals surface area (Å²) in [4.78, 5) is 23.7. The number of morpholine rings is 1. The van der Waals surface area contributed by atoms with E-state index < -0.39 is 5.60 Å². The van der Waals surface area contributed by atoms with Crippen molar-refractivity contribution in [3.8, 4) is 28.5 Å². The first-order valence-corrected chi connectivity index (χ1v) is 13.3. The van der Waals surface area contributed by atoms with E-state index in [0.717, 1.165) is 22.4 Å². The van der Waals surface area contributed by atoms with Crippen LogP contribution in [0.5, 0.6) is 0 Å². The average molecular weight is 560 g/mol. The molecule has 10 nitrogen and oxygen atoms in total. The third kappa shape index (κ3) is 6.01. The predicted octanol–water partition coefficient (Wildman–Crippen LogP) is 5.34. The first-order chi connectivity index (χ1) is 19.1. The summed E-state index contributed by atoms with van der Waals surface area (Å²) in [7, 11) is 0. The number of halogens is 1. The standard InChI is InChI=1S/C29H30ClN7O3/c1-18-12-21(14-23(30)33-18)25-26(20-7-5-6-19(13-20)15-31)35-37-9-8-24(34-27(25)37)32-16-22-17-39-11-10-36(22)28(38)40-29(2,3)4/h5-9,12-14,22H,10-11,16-17H2,1-4H3,(H,32,34)/t22-/m0/s1. The molecule has 3 aromatic heterocycles. The molecule has 0 radical (unpaired) electrons. The maximum absolute atomic E-state index is 12.8. The summed E-state index contributed by atoms with van der Waals surface area (Å²) in [5, 5.41) is 18.0. The molecular weight excluding hydrogens is 530 g/mol. The topological polar surface area (TPSA) is 118 Å². The minimum absolute atomic E-state index is 0.225. The van der Waals surface area contributed by atoms with E-state index in [2.05, 4.69) is 16.4 Å². The van der Waals surface area contributed by atoms with Gasteiger partial charge in [-0.25, -0.2) is 19.3 Å². The molecule has 206 valence electrons. The Bertz CT molecular complexity index is 1590. The van der Waals surface area contributed by atoms with Crippen molar-refractivity contribution in [2.24, 2.45) is 0 Å². The monoisotopic (exact) mass is 559 g/mol. The number of fused-ring (bicyclic) bond motifs is 1. The summed E-state index contributed by atoms with van der Waals surface area (Å²) in [5.41, 5.74) is 4.34. The normalized spacial score (nSPS) is 15.6. The molecule has 1 aliphatic rings. The average Bonchev–Trinajstić information content (AvgIpc) is 3.29. The lowest BCUT2D eigenvalue weighted by Gasteiger charge is -2.36. The van der Waals surface area contributed by atoms with Gasteiger partial charge in [-0.1, -0.05) is 23.7 Å². The van der Waals surface area contributed by atoms with Crippen LogP contribution in [0.2, 0.25) is 5.15 Å². The van der Waals surface area contributed by atoms with Crippen molar-refractivity contribution in [2.45, 2.75) is 39.3 Å². The summed E-state index contributed by atoms with van der Waals surface area (Å²) < 4.78 is 13.0. The van der Waals surface area contributed by atoms with E-state index in [9.17, 15) is 10.1 Å². The Hall–Kier alpha value is -4.20. The number of aromatic nitrogens is 4. The van der Waals surface area contributed by atoms with Gasteiger partial charge in [-0.15, -0.1) is 0 Å². The number of aryl methyl sites for hydroxylation is 1. The van der Waals surface area contributed by atoms with Crippen molar-refractivity contribution in [1.82, 2.24) is 24.5 Å². The van der Waals surface area contributed by atoms with E-state index in [4.69, 9.17) is 31.2 Å². The van der Waals surface area contributed by atoms with E-state index in [1.165, 1.54) is 0 Å². The summed E-state index contributed by atoms with van der Waals surface area (Å²) in [6.07, 6.45) is 1.46. The molecule has 1 amide bonds. The summed E-state index contributed by atoms with van der Waals surface area (Å²) >= 11 is 6.34. The number of rotatable bonds is 5. The minimum Gasteiger partial charge on any atom is -0.444 e. The predicted molar refractivity (Wildman–Crippen MR) is 152 cm³/mol. The Kier molecular flexibility index (Phi) is 7.61. The van der Waals surface area contributed by atoms with Crippen molar-refractivity contribution in [3.63, 3.8) is 0 Å². The molecule has 1 aliphatic heterocycles. The van der Waals surface area contributed by atoms with Crippen molar-refractivity contribution < 1.29 is 14.3 Å². The number of amides is 1. The number of benzene rings is 1. The largest absolute Gasteiger partial charge is 0.444 e. The van der Waals surface area contributed by atoms with Gasteiger partial charge in [0.2, 0.25) is 0 Å². The van der Waals surface area contributed by atoms with Gasteiger partial charge in [0, 0.05) is 30.5 Å². The maximum atomic E-state index is 12.8. The fraction of sp³-hybridized carbons (Fsp3) is 0.345. The zero-order valence-corrected chi connectivity index (χ0v) is 23.6. The molecule has 1 fully saturated rings. The van der Waals surface area contributed by atoms with Crippen LogP contribution < -0.4 is 5.32 Å². The molecule has 0 saturated carbocycles. The third-order valence-corrected chi connectivity index (χ3v) is 6.53. The van der Waals surface area contributed by atoms with Gasteiger partial charge in [0.25, 0.3) is 0 Å². The molecule has 0 aliphatic carbocycles. The lowest BCUT2D eigenvalue weighted by Crippen LogP contribution is -2.53. The Morgan fingerprint density at radius 2 is 2.05 bits per heavy atom. The SMILES string of the molecule is Cc1cc(-c2c(-c3cccc(C#N)c3)nn3ccc(NC[C@H]4COCCN4C(=O)OC(C)(C)C)nc23)cc(Cl)n1. The van der Waals surface area contributed by atoms with E-state index in [1.807, 2.05) is 58.2 Å². The first kappa shape index (κ1) is 27.4. The summed E-state index contributed by atoms with van der Waals surface area (Å²) in [6.45, 7) is 9.15. The van der Waals surface area contributed by atoms with Gasteiger partial charge in [-0.05, 0) is 63.6 Å². The summed E-state index contributed by atoms with van der Waals surface area (Å²) in [6, 6.07) is 14.8. The van der Waals surface area contributed by atoms with Gasteiger partial charge in [0.15, 0.2) is 5.65 Å². The zero-order valence-electron chi connectivity index (χ0n) is 22.8. The molecule has 5 rings (SSSR count). The molecule has 0 bridgehead atoms. The van der Waals surface area contributed by atoms with Crippen LogP contribution in [-0.2, 0) is 9.47 Å². The van der Waals surface area contributed by atoms with E-state index in [-0.39, 0.29) is 12.1 Å². The molecule has 11 heteroatoms. The van der Waals surface area contributed by atoms with Crippen LogP contribution >= 0.6 is 11.6 Å². The quantitative estimate of drug-likeness (QED) is 0.326. The van der Waals surface area contributed by atoms with Gasteiger partial charge >= 0.3 is 6.09 Å². The highest BCUT2D eigenvalue weighted by atomic mass is 35.5. The lowest BCUT2D eigenvalue weighted by molar-refractivity contribution is -0.0291. The number of pyridine rings is 1. The second kappa shape index (κ2) is 11.1. The maximum Gasteiger partial charge on any atom is 0.410 e. The van der Waals surface area contributed by atoms with E-state index in [0.29, 0.717) is 54.2 Å². The Morgan fingerprint density at radius 1 is 1.23 bits per heavy atom. The second-order valence-corrected chi connectivity index (χ2v) is 11.0. The number of nitrogens with one attached hydrogen (secondary N) is 1. The van der Waals surface area contributed by atoms with Gasteiger partial charge in [-0.3, -0.25) is 4.90 Å². The van der Waals surface area contributed by atoms with Gasteiger partial charge < -0.3 is 14.8 Å². The van der Waals surface area contributed by atoms with E-state index >= 15 is 0 Å². The number of nitrogens with zero attached hydrogens (tertiary/aromatic N) is 6. The number of hydrogen-bond donors (Lipinski definition) is 1. The Morgan fingerprint density at radius 3 is 2.80 bits per heavy atom. The first-order valence-electron chi connectivity index (χ1n) is 13.0. The van der Waals surface area contributed by atoms with Gasteiger partial charge in [0.1, 0.15) is 22.3 Å². The van der Waals surface area contributed by atoms with Crippen LogP contribution in [0.15, 0.2) is 48.7 Å². The Labute approximate surface area is 237 Å². The fourth-order valence-electron chi connectivity index (χ4n) is 4.61. The third-order valence-electron chi connectivity index (χ3n) is 6.34. The highest BCUT2D eigenvalue weighted by Crippen LogP contribution is 2.36. The number of ether oxygens (including phenoxy) is 2. The van der Waals surface area contributed by atoms with E-state index in [1.54, 1.807) is 27.6 Å². The summed E-state index contributed by atoms with van der Waals surface area (Å²) in [5.74, 6) is 0.609. The van der Waals surface area contributed by atoms with Gasteiger partial charge in [0.05, 0.1) is 36.5 Å². The van der Waals surface area contributed by atoms with Crippen LogP contribution in [0, 0.1) is 18.3 Å². The highest BCUT2D eigenvalue weighted by molar-refractivity contribution is 6.29. The molecule has 4 heterocycles. The number of carbonyl (C=O) groups excluding carboxylic acids is 1. The number of carbonyl (C=O) groups is 1. The molecule has 1 aromatic carbocycles. The highest BCUT2D eigenvalue weighted by Gasteiger charge is 2.31. The van der Waals surface area contributed by atoms with Crippen LogP contribution in [-0.4, -0.2) is 68.5 Å². The molecule has 0 spiro atoms. The number of nitriles is 1. The molecule has 40 heavy (non-hydrogen) atoms.